The van der Waals surface area contributed by atoms with Crippen LogP contribution in [0.1, 0.15) is 29.3 Å². The number of phenols is 2. The summed E-state index contributed by atoms with van der Waals surface area (Å²) >= 11 is 0. The predicted molar refractivity (Wildman–Crippen MR) is 95.4 cm³/mol. The van der Waals surface area contributed by atoms with Gasteiger partial charge < -0.3 is 19.7 Å². The number of hydrogen-bond donors (Lipinski definition) is 2. The van der Waals surface area contributed by atoms with Gasteiger partial charge in [0.2, 0.25) is 0 Å². The van der Waals surface area contributed by atoms with Crippen LogP contribution in [0.3, 0.4) is 0 Å². The number of carbonyl (C=O) groups is 1. The van der Waals surface area contributed by atoms with Crippen molar-refractivity contribution in [3.05, 3.63) is 65.7 Å². The molecule has 2 rings (SSSR count). The van der Waals surface area contributed by atoms with Gasteiger partial charge >= 0.3 is 0 Å². The first kappa shape index (κ1) is 18.5. The van der Waals surface area contributed by atoms with Crippen LogP contribution in [0, 0.1) is 0 Å². The zero-order valence-electron chi connectivity index (χ0n) is 14.2. The maximum Gasteiger partial charge on any atom is 0.200 e. The molecule has 0 heterocycles. The van der Waals surface area contributed by atoms with Gasteiger partial charge in [-0.3, -0.25) is 4.79 Å². The van der Waals surface area contributed by atoms with Crippen LogP contribution in [0.25, 0.3) is 0 Å². The molecule has 0 aromatic heterocycles. The highest BCUT2D eigenvalue weighted by molar-refractivity contribution is 6.12. The van der Waals surface area contributed by atoms with Gasteiger partial charge in [0.15, 0.2) is 5.78 Å². The normalized spacial score (nSPS) is 10.4. The summed E-state index contributed by atoms with van der Waals surface area (Å²) < 4.78 is 10.9. The molecule has 2 aromatic carbocycles. The topological polar surface area (TPSA) is 76.0 Å². The van der Waals surface area contributed by atoms with Crippen LogP contribution in [-0.2, 0) is 4.74 Å². The fourth-order valence-electron chi connectivity index (χ4n) is 2.20. The second-order valence-corrected chi connectivity index (χ2v) is 5.74. The minimum Gasteiger partial charge on any atom is -0.507 e. The summed E-state index contributed by atoms with van der Waals surface area (Å²) in [7, 11) is 0. The molecule has 0 aliphatic rings. The lowest BCUT2D eigenvalue weighted by molar-refractivity contribution is 0.103. The summed E-state index contributed by atoms with van der Waals surface area (Å²) in [6.45, 7) is 7.18. The number of rotatable bonds is 9. The molecule has 5 nitrogen and oxygen atoms in total. The zero-order valence-corrected chi connectivity index (χ0v) is 14.2. The first-order chi connectivity index (χ1) is 12.0. The largest absolute Gasteiger partial charge is 0.507 e. The van der Waals surface area contributed by atoms with Gasteiger partial charge in [-0.15, -0.1) is 0 Å². The van der Waals surface area contributed by atoms with Gasteiger partial charge in [-0.05, 0) is 31.2 Å². The number of para-hydroxylation sites is 1. The molecule has 0 saturated heterocycles. The Kier molecular flexibility index (Phi) is 6.60. The van der Waals surface area contributed by atoms with E-state index in [4.69, 9.17) is 9.47 Å². The maximum atomic E-state index is 12.4. The van der Waals surface area contributed by atoms with Crippen molar-refractivity contribution in [3.63, 3.8) is 0 Å². The lowest BCUT2D eigenvalue weighted by Crippen LogP contribution is -2.05. The number of carbonyl (C=O) groups excluding carboxylic acids is 1. The number of benzene rings is 2. The van der Waals surface area contributed by atoms with E-state index in [9.17, 15) is 15.0 Å². The molecule has 0 amide bonds. The third-order valence-electron chi connectivity index (χ3n) is 3.41. The summed E-state index contributed by atoms with van der Waals surface area (Å²) in [4.78, 5) is 12.4. The van der Waals surface area contributed by atoms with Crippen molar-refractivity contribution in [2.75, 3.05) is 19.8 Å². The monoisotopic (exact) mass is 342 g/mol. The summed E-state index contributed by atoms with van der Waals surface area (Å²) in [5.74, 6) is -0.298. The van der Waals surface area contributed by atoms with Crippen molar-refractivity contribution in [2.24, 2.45) is 0 Å². The maximum absolute atomic E-state index is 12.4. The number of hydrogen-bond acceptors (Lipinski definition) is 5. The second kappa shape index (κ2) is 8.89. The highest BCUT2D eigenvalue weighted by Crippen LogP contribution is 2.28. The van der Waals surface area contributed by atoms with Crippen LogP contribution in [0.15, 0.2) is 54.6 Å². The fourth-order valence-corrected chi connectivity index (χ4v) is 2.20. The third kappa shape index (κ3) is 5.36. The Morgan fingerprint density at radius 2 is 1.76 bits per heavy atom. The molecular formula is C20H22O5. The highest BCUT2D eigenvalue weighted by Gasteiger charge is 2.17. The minimum atomic E-state index is -0.449. The molecule has 0 bridgehead atoms. The SMILES string of the molecule is C=C(C)COCCCOc1ccc(C(=O)c2ccccc2O)c(O)c1. The quantitative estimate of drug-likeness (QED) is 0.413. The Morgan fingerprint density at radius 1 is 1.04 bits per heavy atom. The van der Waals surface area contributed by atoms with E-state index in [0.717, 1.165) is 5.57 Å². The fraction of sp³-hybridized carbons (Fsp3) is 0.250. The lowest BCUT2D eigenvalue weighted by Gasteiger charge is -2.10. The first-order valence-corrected chi connectivity index (χ1v) is 7.99. The lowest BCUT2D eigenvalue weighted by atomic mass is 10.0. The Labute approximate surface area is 147 Å². The molecular weight excluding hydrogens is 320 g/mol. The van der Waals surface area contributed by atoms with Crippen molar-refractivity contribution in [3.8, 4) is 17.2 Å². The van der Waals surface area contributed by atoms with E-state index >= 15 is 0 Å². The van der Waals surface area contributed by atoms with Gasteiger partial charge in [-0.1, -0.05) is 24.3 Å². The smallest absolute Gasteiger partial charge is 0.200 e. The van der Waals surface area contributed by atoms with Crippen LogP contribution < -0.4 is 4.74 Å². The molecule has 5 heteroatoms. The van der Waals surface area contributed by atoms with Crippen molar-refractivity contribution < 1.29 is 24.5 Å². The molecule has 0 aliphatic heterocycles. The van der Waals surface area contributed by atoms with E-state index in [0.29, 0.717) is 32.0 Å². The Balaban J connectivity index is 1.93. The van der Waals surface area contributed by atoms with E-state index in [2.05, 4.69) is 6.58 Å². The van der Waals surface area contributed by atoms with Gasteiger partial charge in [-0.2, -0.15) is 0 Å². The molecule has 0 unspecified atom stereocenters. The average Bonchev–Trinajstić information content (AvgIpc) is 2.58. The summed E-state index contributed by atoms with van der Waals surface area (Å²) in [6.07, 6.45) is 0.701. The first-order valence-electron chi connectivity index (χ1n) is 7.99. The molecule has 25 heavy (non-hydrogen) atoms. The van der Waals surface area contributed by atoms with Gasteiger partial charge in [0.05, 0.1) is 30.9 Å². The van der Waals surface area contributed by atoms with Crippen LogP contribution >= 0.6 is 0 Å². The number of ether oxygens (including phenoxy) is 2. The Hall–Kier alpha value is -2.79. The molecule has 2 N–H and O–H groups in total. The molecule has 0 aliphatic carbocycles. The predicted octanol–water partition coefficient (Wildman–Crippen LogP) is 3.69. The van der Waals surface area contributed by atoms with E-state index in [-0.39, 0.29) is 22.6 Å². The van der Waals surface area contributed by atoms with Crippen LogP contribution in [0.2, 0.25) is 0 Å². The van der Waals surface area contributed by atoms with Gasteiger partial charge in [0, 0.05) is 12.5 Å². The number of aromatic hydroxyl groups is 2. The number of phenolic OH excluding ortho intramolecular Hbond substituents is 2. The van der Waals surface area contributed by atoms with Crippen molar-refractivity contribution in [1.82, 2.24) is 0 Å². The molecule has 2 aromatic rings. The third-order valence-corrected chi connectivity index (χ3v) is 3.41. The van der Waals surface area contributed by atoms with E-state index in [1.807, 2.05) is 6.92 Å². The molecule has 0 fully saturated rings. The molecule has 0 spiro atoms. The van der Waals surface area contributed by atoms with Crippen molar-refractivity contribution in [2.45, 2.75) is 13.3 Å². The summed E-state index contributed by atoms with van der Waals surface area (Å²) in [5, 5.41) is 19.9. The van der Waals surface area contributed by atoms with Crippen LogP contribution in [0.4, 0.5) is 0 Å². The second-order valence-electron chi connectivity index (χ2n) is 5.74. The van der Waals surface area contributed by atoms with Gasteiger partial charge in [0.1, 0.15) is 17.2 Å². The van der Waals surface area contributed by atoms with E-state index < -0.39 is 5.78 Å². The zero-order chi connectivity index (χ0) is 18.2. The highest BCUT2D eigenvalue weighted by atomic mass is 16.5. The molecule has 0 radical (unpaired) electrons. The van der Waals surface area contributed by atoms with Crippen molar-refractivity contribution in [1.29, 1.82) is 0 Å². The summed E-state index contributed by atoms with van der Waals surface area (Å²) in [6, 6.07) is 10.7. The Bertz CT molecular complexity index is 752. The van der Waals surface area contributed by atoms with E-state index in [1.165, 1.54) is 24.3 Å². The average molecular weight is 342 g/mol. The van der Waals surface area contributed by atoms with Crippen molar-refractivity contribution >= 4 is 5.78 Å². The minimum absolute atomic E-state index is 0.110. The van der Waals surface area contributed by atoms with E-state index in [1.54, 1.807) is 18.2 Å². The van der Waals surface area contributed by atoms with Gasteiger partial charge in [0.25, 0.3) is 0 Å². The molecule has 0 saturated carbocycles. The van der Waals surface area contributed by atoms with Crippen LogP contribution in [-0.4, -0.2) is 35.8 Å². The molecule has 132 valence electrons. The van der Waals surface area contributed by atoms with Crippen LogP contribution in [0.5, 0.6) is 17.2 Å². The van der Waals surface area contributed by atoms with Gasteiger partial charge in [-0.25, -0.2) is 0 Å². The molecule has 0 atom stereocenters. The Morgan fingerprint density at radius 3 is 2.44 bits per heavy atom. The standard InChI is InChI=1S/C20H22O5/c1-14(2)13-24-10-5-11-25-15-8-9-17(19(22)12-15)20(23)16-6-3-4-7-18(16)21/h3-4,6-9,12,21-22H,1,5,10-11,13H2,2H3. The summed E-state index contributed by atoms with van der Waals surface area (Å²) in [5.41, 5.74) is 1.22. The number of ketones is 1.